The Morgan fingerprint density at radius 3 is 3.04 bits per heavy atom. The van der Waals surface area contributed by atoms with E-state index >= 15 is 0 Å². The minimum absolute atomic E-state index is 0.175. The number of hydrogen-bond acceptors (Lipinski definition) is 6. The summed E-state index contributed by atoms with van der Waals surface area (Å²) in [6.07, 6.45) is 5.78. The van der Waals surface area contributed by atoms with Crippen LogP contribution in [0.3, 0.4) is 0 Å². The van der Waals surface area contributed by atoms with E-state index in [0.29, 0.717) is 18.3 Å². The molecule has 2 fully saturated rings. The number of nitrogens with zero attached hydrogens (tertiary/aromatic N) is 2. The second kappa shape index (κ2) is 11.5. The van der Waals surface area contributed by atoms with Crippen LogP contribution in [0.1, 0.15) is 44.1 Å². The first-order valence-electron chi connectivity index (χ1n) is 11.0. The van der Waals surface area contributed by atoms with E-state index in [9.17, 15) is 4.79 Å². The maximum Gasteiger partial charge on any atom is 0.220 e. The lowest BCUT2D eigenvalue weighted by Crippen LogP contribution is -2.43. The number of aromatic nitrogens is 1. The van der Waals surface area contributed by atoms with Gasteiger partial charge in [0.2, 0.25) is 5.91 Å². The Balaban J connectivity index is 1.42. The average molecular weight is 393 g/mol. The number of piperidine rings is 1. The van der Waals surface area contributed by atoms with E-state index < -0.39 is 0 Å². The van der Waals surface area contributed by atoms with Crippen molar-refractivity contribution in [3.63, 3.8) is 0 Å². The zero-order valence-electron chi connectivity index (χ0n) is 17.3. The number of rotatable bonds is 10. The van der Waals surface area contributed by atoms with Crippen molar-refractivity contribution in [2.75, 3.05) is 52.5 Å². The second-order valence-electron chi connectivity index (χ2n) is 8.11. The standard InChI is InChI=1S/C21H36N4O3/c1-2-3-4-20-15-19(24-28-20)13-18-16-22-6-5-17(18)14-21(26)23-7-8-25-9-11-27-12-10-25/h15,17-18,22H,2-14,16H2,1H3,(H,23,26). The van der Waals surface area contributed by atoms with Gasteiger partial charge in [-0.2, -0.15) is 0 Å². The molecule has 1 aromatic rings. The minimum Gasteiger partial charge on any atom is -0.379 e. The van der Waals surface area contributed by atoms with Gasteiger partial charge in [0.25, 0.3) is 0 Å². The Kier molecular flexibility index (Phi) is 8.76. The van der Waals surface area contributed by atoms with Crippen LogP contribution in [-0.2, 0) is 22.4 Å². The third kappa shape index (κ3) is 6.87. The lowest BCUT2D eigenvalue weighted by molar-refractivity contribution is -0.122. The molecular formula is C21H36N4O3. The molecule has 3 heterocycles. The molecule has 2 aliphatic heterocycles. The van der Waals surface area contributed by atoms with Gasteiger partial charge >= 0.3 is 0 Å². The molecule has 0 bridgehead atoms. The molecule has 2 atom stereocenters. The van der Waals surface area contributed by atoms with E-state index in [-0.39, 0.29) is 5.91 Å². The van der Waals surface area contributed by atoms with Gasteiger partial charge in [-0.1, -0.05) is 18.5 Å². The first kappa shape index (κ1) is 21.3. The van der Waals surface area contributed by atoms with Crippen LogP contribution in [0.4, 0.5) is 0 Å². The number of amides is 1. The predicted octanol–water partition coefficient (Wildman–Crippen LogP) is 1.62. The molecule has 2 aliphatic rings. The fraction of sp³-hybridized carbons (Fsp3) is 0.810. The van der Waals surface area contributed by atoms with Crippen LogP contribution in [0.15, 0.2) is 10.6 Å². The van der Waals surface area contributed by atoms with Crippen molar-refractivity contribution in [1.29, 1.82) is 0 Å². The molecule has 0 spiro atoms. The summed E-state index contributed by atoms with van der Waals surface area (Å²) in [7, 11) is 0. The largest absolute Gasteiger partial charge is 0.379 e. The molecule has 3 rings (SSSR count). The Morgan fingerprint density at radius 2 is 2.21 bits per heavy atom. The number of carbonyl (C=O) groups is 1. The SMILES string of the molecule is CCCCc1cc(CC2CNCCC2CC(=O)NCCN2CCOCC2)no1. The van der Waals surface area contributed by atoms with Gasteiger partial charge in [-0.3, -0.25) is 9.69 Å². The van der Waals surface area contributed by atoms with E-state index in [2.05, 4.69) is 33.7 Å². The highest BCUT2D eigenvalue weighted by Gasteiger charge is 2.28. The van der Waals surface area contributed by atoms with Crippen LogP contribution in [0.5, 0.6) is 0 Å². The lowest BCUT2D eigenvalue weighted by atomic mass is 9.81. The molecule has 2 saturated heterocycles. The summed E-state index contributed by atoms with van der Waals surface area (Å²) in [6.45, 7) is 9.27. The summed E-state index contributed by atoms with van der Waals surface area (Å²) >= 11 is 0. The predicted molar refractivity (Wildman–Crippen MR) is 108 cm³/mol. The summed E-state index contributed by atoms with van der Waals surface area (Å²) in [5.74, 6) is 2.00. The van der Waals surface area contributed by atoms with Crippen molar-refractivity contribution in [2.45, 2.75) is 45.4 Å². The zero-order chi connectivity index (χ0) is 19.6. The highest BCUT2D eigenvalue weighted by molar-refractivity contribution is 5.76. The molecule has 2 unspecified atom stereocenters. The summed E-state index contributed by atoms with van der Waals surface area (Å²) in [6, 6.07) is 2.10. The van der Waals surface area contributed by atoms with Gasteiger partial charge in [0.05, 0.1) is 18.9 Å². The maximum atomic E-state index is 12.5. The van der Waals surface area contributed by atoms with Crippen molar-refractivity contribution in [3.8, 4) is 0 Å². The highest BCUT2D eigenvalue weighted by Crippen LogP contribution is 2.26. The van der Waals surface area contributed by atoms with Crippen LogP contribution in [0.2, 0.25) is 0 Å². The van der Waals surface area contributed by atoms with E-state index in [1.807, 2.05) is 0 Å². The number of unbranched alkanes of at least 4 members (excludes halogenated alkanes) is 1. The van der Waals surface area contributed by atoms with Gasteiger partial charge < -0.3 is 19.9 Å². The van der Waals surface area contributed by atoms with E-state index in [1.54, 1.807) is 0 Å². The van der Waals surface area contributed by atoms with Crippen LogP contribution < -0.4 is 10.6 Å². The quantitative estimate of drug-likeness (QED) is 0.630. The Labute approximate surface area is 168 Å². The Bertz CT molecular complexity index is 586. The first-order valence-corrected chi connectivity index (χ1v) is 11.0. The van der Waals surface area contributed by atoms with Gasteiger partial charge in [0.15, 0.2) is 0 Å². The number of nitrogens with one attached hydrogen (secondary N) is 2. The number of morpholine rings is 1. The summed E-state index contributed by atoms with van der Waals surface area (Å²) in [4.78, 5) is 14.8. The van der Waals surface area contributed by atoms with Crippen LogP contribution >= 0.6 is 0 Å². The smallest absolute Gasteiger partial charge is 0.220 e. The van der Waals surface area contributed by atoms with Crippen molar-refractivity contribution in [2.24, 2.45) is 11.8 Å². The molecule has 1 amide bonds. The van der Waals surface area contributed by atoms with Gasteiger partial charge in [-0.25, -0.2) is 0 Å². The monoisotopic (exact) mass is 392 g/mol. The summed E-state index contributed by atoms with van der Waals surface area (Å²) in [5, 5.41) is 10.8. The Hall–Kier alpha value is -1.44. The molecule has 28 heavy (non-hydrogen) atoms. The summed E-state index contributed by atoms with van der Waals surface area (Å²) in [5.41, 5.74) is 1.03. The topological polar surface area (TPSA) is 79.6 Å². The molecule has 7 heteroatoms. The van der Waals surface area contributed by atoms with Gasteiger partial charge in [-0.05, 0) is 44.2 Å². The number of ether oxygens (including phenoxy) is 1. The second-order valence-corrected chi connectivity index (χ2v) is 8.11. The summed E-state index contributed by atoms with van der Waals surface area (Å²) < 4.78 is 10.8. The van der Waals surface area contributed by atoms with E-state index in [1.165, 1.54) is 0 Å². The van der Waals surface area contributed by atoms with Crippen molar-refractivity contribution in [1.82, 2.24) is 20.7 Å². The van der Waals surface area contributed by atoms with Crippen molar-refractivity contribution in [3.05, 3.63) is 17.5 Å². The Morgan fingerprint density at radius 1 is 1.36 bits per heavy atom. The van der Waals surface area contributed by atoms with Crippen LogP contribution in [0.25, 0.3) is 0 Å². The molecule has 0 aromatic carbocycles. The fourth-order valence-electron chi connectivity index (χ4n) is 4.16. The van der Waals surface area contributed by atoms with Gasteiger partial charge in [0.1, 0.15) is 5.76 Å². The molecule has 2 N–H and O–H groups in total. The first-order chi connectivity index (χ1) is 13.7. The van der Waals surface area contributed by atoms with Crippen LogP contribution in [0, 0.1) is 11.8 Å². The number of aryl methyl sites for hydroxylation is 1. The third-order valence-electron chi connectivity index (χ3n) is 5.92. The van der Waals surface area contributed by atoms with E-state index in [4.69, 9.17) is 9.26 Å². The molecular weight excluding hydrogens is 356 g/mol. The molecule has 1 aromatic heterocycles. The normalized spacial score (nSPS) is 23.6. The fourth-order valence-corrected chi connectivity index (χ4v) is 4.16. The van der Waals surface area contributed by atoms with E-state index in [0.717, 1.165) is 96.0 Å². The molecule has 7 nitrogen and oxygen atoms in total. The molecule has 0 radical (unpaired) electrons. The third-order valence-corrected chi connectivity index (χ3v) is 5.92. The number of carbonyl (C=O) groups excluding carboxylic acids is 1. The minimum atomic E-state index is 0.175. The molecule has 0 aliphatic carbocycles. The lowest BCUT2D eigenvalue weighted by Gasteiger charge is -2.31. The zero-order valence-corrected chi connectivity index (χ0v) is 17.3. The van der Waals surface area contributed by atoms with Crippen LogP contribution in [-0.4, -0.2) is 68.4 Å². The highest BCUT2D eigenvalue weighted by atomic mass is 16.5. The van der Waals surface area contributed by atoms with Crippen molar-refractivity contribution >= 4 is 5.91 Å². The van der Waals surface area contributed by atoms with Gasteiger partial charge in [0, 0.05) is 45.1 Å². The average Bonchev–Trinajstić information content (AvgIpc) is 3.16. The van der Waals surface area contributed by atoms with Crippen molar-refractivity contribution < 1.29 is 14.1 Å². The molecule has 0 saturated carbocycles. The molecule has 158 valence electrons. The van der Waals surface area contributed by atoms with Gasteiger partial charge in [-0.15, -0.1) is 0 Å². The number of hydrogen-bond donors (Lipinski definition) is 2. The maximum absolute atomic E-state index is 12.5.